The number of carbonyl (C=O) groups excluding carboxylic acids is 1. The number of hydrogen-bond acceptors (Lipinski definition) is 5. The van der Waals surface area contributed by atoms with Crippen molar-refractivity contribution in [2.24, 2.45) is 0 Å². The van der Waals surface area contributed by atoms with Crippen LogP contribution in [0.15, 0.2) is 75.1 Å². The third-order valence-corrected chi connectivity index (χ3v) is 6.16. The molecule has 1 N–H and O–H groups in total. The van der Waals surface area contributed by atoms with E-state index in [1.807, 2.05) is 50.2 Å². The van der Waals surface area contributed by atoms with E-state index >= 15 is 0 Å². The van der Waals surface area contributed by atoms with Crippen LogP contribution in [0.25, 0.3) is 5.78 Å². The van der Waals surface area contributed by atoms with Gasteiger partial charge in [-0.1, -0.05) is 15.9 Å². The molecule has 0 atom stereocenters. The molecule has 0 spiro atoms. The summed E-state index contributed by atoms with van der Waals surface area (Å²) in [6, 6.07) is 16.4. The second kappa shape index (κ2) is 9.07. The van der Waals surface area contributed by atoms with Gasteiger partial charge in [0.05, 0.1) is 5.69 Å². The molecule has 4 rings (SSSR count). The first-order chi connectivity index (χ1) is 14.9. The maximum absolute atomic E-state index is 12.5. The van der Waals surface area contributed by atoms with Crippen molar-refractivity contribution in [3.8, 4) is 0 Å². The van der Waals surface area contributed by atoms with Crippen LogP contribution in [0, 0.1) is 0 Å². The summed E-state index contributed by atoms with van der Waals surface area (Å²) >= 11 is 4.93. The Bertz CT molecular complexity index is 1280. The van der Waals surface area contributed by atoms with Gasteiger partial charge in [0, 0.05) is 38.5 Å². The van der Waals surface area contributed by atoms with E-state index in [0.29, 0.717) is 28.5 Å². The average Bonchev–Trinajstić information content (AvgIpc) is 3.19. The van der Waals surface area contributed by atoms with E-state index in [1.54, 1.807) is 41.0 Å². The van der Waals surface area contributed by atoms with Crippen molar-refractivity contribution in [3.63, 3.8) is 0 Å². The van der Waals surface area contributed by atoms with E-state index in [-0.39, 0.29) is 17.5 Å². The SMILES string of the molecule is CC(C)n1cnc2nc(CSc3ccc(NC(=O)c4ccc(Br)cc4)cc3)cc(=O)n21. The van der Waals surface area contributed by atoms with Gasteiger partial charge in [-0.05, 0) is 62.4 Å². The maximum Gasteiger partial charge on any atom is 0.274 e. The van der Waals surface area contributed by atoms with Gasteiger partial charge in [0.25, 0.3) is 17.2 Å². The number of nitrogens with zero attached hydrogens (tertiary/aromatic N) is 4. The molecule has 31 heavy (non-hydrogen) atoms. The molecule has 1 amide bonds. The Morgan fingerprint density at radius 3 is 2.52 bits per heavy atom. The number of aromatic nitrogens is 4. The Hall–Kier alpha value is -2.91. The van der Waals surface area contributed by atoms with Crippen LogP contribution >= 0.6 is 27.7 Å². The third-order valence-electron chi connectivity index (χ3n) is 4.59. The Kier molecular flexibility index (Phi) is 6.24. The Morgan fingerprint density at radius 1 is 1.13 bits per heavy atom. The monoisotopic (exact) mass is 497 g/mol. The minimum Gasteiger partial charge on any atom is -0.322 e. The fraction of sp³-hybridized carbons (Fsp3) is 0.182. The highest BCUT2D eigenvalue weighted by atomic mass is 79.9. The van der Waals surface area contributed by atoms with Gasteiger partial charge >= 0.3 is 0 Å². The van der Waals surface area contributed by atoms with Crippen molar-refractivity contribution >= 4 is 45.1 Å². The molecule has 2 aromatic heterocycles. The van der Waals surface area contributed by atoms with Crippen LogP contribution in [0.1, 0.15) is 35.9 Å². The highest BCUT2D eigenvalue weighted by Gasteiger charge is 2.11. The first kappa shape index (κ1) is 21.3. The van der Waals surface area contributed by atoms with Gasteiger partial charge in [-0.25, -0.2) is 4.98 Å². The molecule has 0 unspecified atom stereocenters. The lowest BCUT2D eigenvalue weighted by Crippen LogP contribution is -2.22. The molecule has 0 aliphatic heterocycles. The van der Waals surface area contributed by atoms with Crippen LogP contribution in [0.4, 0.5) is 5.69 Å². The van der Waals surface area contributed by atoms with E-state index in [2.05, 4.69) is 31.2 Å². The molecular weight excluding hydrogens is 478 g/mol. The lowest BCUT2D eigenvalue weighted by atomic mass is 10.2. The zero-order valence-electron chi connectivity index (χ0n) is 16.9. The van der Waals surface area contributed by atoms with Gasteiger partial charge in [0.2, 0.25) is 0 Å². The molecule has 0 saturated carbocycles. The first-order valence-corrected chi connectivity index (χ1v) is 11.4. The highest BCUT2D eigenvalue weighted by Crippen LogP contribution is 2.24. The average molecular weight is 498 g/mol. The molecule has 0 aliphatic rings. The van der Waals surface area contributed by atoms with Gasteiger partial charge < -0.3 is 5.32 Å². The van der Waals surface area contributed by atoms with Crippen LogP contribution in [0.2, 0.25) is 0 Å². The van der Waals surface area contributed by atoms with Gasteiger partial charge in [0.15, 0.2) is 0 Å². The summed E-state index contributed by atoms with van der Waals surface area (Å²) in [5.74, 6) is 0.791. The highest BCUT2D eigenvalue weighted by molar-refractivity contribution is 9.10. The van der Waals surface area contributed by atoms with Crippen molar-refractivity contribution in [2.75, 3.05) is 5.32 Å². The third kappa shape index (κ3) is 4.88. The molecule has 2 heterocycles. The predicted molar refractivity (Wildman–Crippen MR) is 126 cm³/mol. The normalized spacial score (nSPS) is 11.2. The number of hydrogen-bond donors (Lipinski definition) is 1. The number of fused-ring (bicyclic) bond motifs is 1. The number of amides is 1. The quantitative estimate of drug-likeness (QED) is 0.387. The topological polar surface area (TPSA) is 81.3 Å². The van der Waals surface area contributed by atoms with E-state index < -0.39 is 0 Å². The number of thioether (sulfide) groups is 1. The number of anilines is 1. The lowest BCUT2D eigenvalue weighted by molar-refractivity contribution is 0.102. The zero-order valence-corrected chi connectivity index (χ0v) is 19.4. The molecule has 158 valence electrons. The van der Waals surface area contributed by atoms with Crippen molar-refractivity contribution in [1.82, 2.24) is 19.2 Å². The minimum absolute atomic E-state index is 0.118. The molecule has 0 aliphatic carbocycles. The molecule has 0 fully saturated rings. The summed E-state index contributed by atoms with van der Waals surface area (Å²) in [5.41, 5.74) is 1.85. The minimum atomic E-state index is -0.160. The molecule has 9 heteroatoms. The fourth-order valence-electron chi connectivity index (χ4n) is 3.01. The van der Waals surface area contributed by atoms with Crippen LogP contribution in [0.5, 0.6) is 0 Å². The number of carbonyl (C=O) groups is 1. The summed E-state index contributed by atoms with van der Waals surface area (Å²) in [6.45, 7) is 3.98. The first-order valence-electron chi connectivity index (χ1n) is 9.66. The van der Waals surface area contributed by atoms with Crippen molar-refractivity contribution < 1.29 is 4.79 Å². The largest absolute Gasteiger partial charge is 0.322 e. The predicted octanol–water partition coefficient (Wildman–Crippen LogP) is 4.78. The smallest absolute Gasteiger partial charge is 0.274 e. The Labute approximate surface area is 191 Å². The van der Waals surface area contributed by atoms with Gasteiger partial charge in [0.1, 0.15) is 6.33 Å². The van der Waals surface area contributed by atoms with E-state index in [9.17, 15) is 9.59 Å². The Balaban J connectivity index is 1.41. The summed E-state index contributed by atoms with van der Waals surface area (Å²) in [5, 5.41) is 2.89. The van der Waals surface area contributed by atoms with Crippen molar-refractivity contribution in [3.05, 3.63) is 87.0 Å². The standard InChI is InChI=1S/C22H20BrN5O2S/c1-14(2)27-13-24-22-26-18(11-20(29)28(22)27)12-31-19-9-7-17(8-10-19)25-21(30)15-3-5-16(23)6-4-15/h3-11,13-14H,12H2,1-2H3,(H,25,30). The molecule has 7 nitrogen and oxygen atoms in total. The molecule has 0 saturated heterocycles. The second-order valence-electron chi connectivity index (χ2n) is 7.19. The van der Waals surface area contributed by atoms with Crippen molar-refractivity contribution in [2.45, 2.75) is 30.5 Å². The Morgan fingerprint density at radius 2 is 1.84 bits per heavy atom. The van der Waals surface area contributed by atoms with Crippen LogP contribution in [-0.2, 0) is 5.75 Å². The van der Waals surface area contributed by atoms with Gasteiger partial charge in [-0.15, -0.1) is 11.8 Å². The summed E-state index contributed by atoms with van der Waals surface area (Å²) in [4.78, 5) is 34.6. The zero-order chi connectivity index (χ0) is 22.0. The van der Waals surface area contributed by atoms with Crippen LogP contribution < -0.4 is 10.9 Å². The summed E-state index contributed by atoms with van der Waals surface area (Å²) in [6.07, 6.45) is 1.63. The number of halogens is 1. The van der Waals surface area contributed by atoms with E-state index in [0.717, 1.165) is 9.37 Å². The number of nitrogens with one attached hydrogen (secondary N) is 1. The van der Waals surface area contributed by atoms with Gasteiger partial charge in [-0.3, -0.25) is 14.3 Å². The van der Waals surface area contributed by atoms with Gasteiger partial charge in [-0.2, -0.15) is 9.50 Å². The summed E-state index contributed by atoms with van der Waals surface area (Å²) < 4.78 is 4.18. The fourth-order valence-corrected chi connectivity index (χ4v) is 4.06. The maximum atomic E-state index is 12.5. The van der Waals surface area contributed by atoms with E-state index in [1.165, 1.54) is 4.52 Å². The number of benzene rings is 2. The molecule has 4 aromatic rings. The second-order valence-corrected chi connectivity index (χ2v) is 9.15. The molecule has 2 aromatic carbocycles. The summed E-state index contributed by atoms with van der Waals surface area (Å²) in [7, 11) is 0. The molecular formula is C22H20BrN5O2S. The molecule has 0 bridgehead atoms. The van der Waals surface area contributed by atoms with E-state index in [4.69, 9.17) is 0 Å². The van der Waals surface area contributed by atoms with Crippen molar-refractivity contribution in [1.29, 1.82) is 0 Å². The molecule has 0 radical (unpaired) electrons. The van der Waals surface area contributed by atoms with Crippen LogP contribution in [-0.4, -0.2) is 25.1 Å². The lowest BCUT2D eigenvalue weighted by Gasteiger charge is -2.09. The number of rotatable bonds is 6. The van der Waals surface area contributed by atoms with Crippen LogP contribution in [0.3, 0.4) is 0 Å².